The molecule has 1 saturated heterocycles. The van der Waals surface area contributed by atoms with E-state index in [9.17, 15) is 0 Å². The number of nitrogens with zero attached hydrogens (tertiary/aromatic N) is 5. The molecule has 0 amide bonds. The maximum absolute atomic E-state index is 5.45. The molecule has 7 heteroatoms. The number of rotatable bonds is 7. The summed E-state index contributed by atoms with van der Waals surface area (Å²) < 4.78 is 5.45. The Kier molecular flexibility index (Phi) is 5.63. The molecule has 2 aromatic heterocycles. The van der Waals surface area contributed by atoms with Crippen LogP contribution in [0, 0.1) is 12.8 Å². The first kappa shape index (κ1) is 17.1. The zero-order valence-electron chi connectivity index (χ0n) is 14.6. The molecule has 6 nitrogen and oxygen atoms in total. The maximum Gasteiger partial charge on any atom is 0.234 e. The highest BCUT2D eigenvalue weighted by Crippen LogP contribution is 2.24. The third-order valence-corrected chi connectivity index (χ3v) is 5.25. The predicted molar refractivity (Wildman–Crippen MR) is 96.7 cm³/mol. The second-order valence-electron chi connectivity index (χ2n) is 6.31. The van der Waals surface area contributed by atoms with Gasteiger partial charge in [0, 0.05) is 31.1 Å². The van der Waals surface area contributed by atoms with E-state index in [4.69, 9.17) is 4.74 Å². The van der Waals surface area contributed by atoms with Gasteiger partial charge in [0.15, 0.2) is 5.82 Å². The lowest BCUT2D eigenvalue weighted by Crippen LogP contribution is -2.28. The first-order valence-electron chi connectivity index (χ1n) is 8.43. The summed E-state index contributed by atoms with van der Waals surface area (Å²) in [5.74, 6) is 2.18. The molecule has 0 unspecified atom stereocenters. The minimum atomic E-state index is 0.608. The Morgan fingerprint density at radius 1 is 1.42 bits per heavy atom. The third-order valence-electron chi connectivity index (χ3n) is 4.33. The van der Waals surface area contributed by atoms with Crippen LogP contribution in [-0.2, 0) is 6.54 Å². The Bertz CT molecular complexity index is 662. The maximum atomic E-state index is 5.45. The van der Waals surface area contributed by atoms with E-state index in [1.807, 2.05) is 18.6 Å². The highest BCUT2D eigenvalue weighted by atomic mass is 32.1. The first-order valence-corrected chi connectivity index (χ1v) is 9.31. The Morgan fingerprint density at radius 2 is 2.29 bits per heavy atom. The normalized spacial score (nSPS) is 17.7. The molecular weight excluding hydrogens is 322 g/mol. The number of hydrogen-bond acceptors (Lipinski definition) is 7. The van der Waals surface area contributed by atoms with Gasteiger partial charge in [0.2, 0.25) is 5.88 Å². The average Bonchev–Trinajstić information content (AvgIpc) is 3.18. The van der Waals surface area contributed by atoms with Gasteiger partial charge in [-0.1, -0.05) is 0 Å². The average molecular weight is 347 g/mol. The standard InChI is InChI=1S/C17H25N5OS/c1-4-23-17-8-18-7-16(20-17)22-6-5-14(10-22)9-21(3)11-15-13(2)19-12-24-15/h7-8,12,14H,4-6,9-11H2,1-3H3/t14-/m1/s1. The highest BCUT2D eigenvalue weighted by Gasteiger charge is 2.25. The zero-order chi connectivity index (χ0) is 16.9. The second-order valence-corrected chi connectivity index (χ2v) is 7.25. The van der Waals surface area contributed by atoms with Crippen molar-refractivity contribution in [2.75, 3.05) is 38.2 Å². The van der Waals surface area contributed by atoms with Gasteiger partial charge in [0.05, 0.1) is 30.2 Å². The van der Waals surface area contributed by atoms with Crippen molar-refractivity contribution in [1.29, 1.82) is 0 Å². The summed E-state index contributed by atoms with van der Waals surface area (Å²) in [5, 5.41) is 0. The molecule has 3 rings (SSSR count). The van der Waals surface area contributed by atoms with Gasteiger partial charge >= 0.3 is 0 Å². The fraction of sp³-hybridized carbons (Fsp3) is 0.588. The summed E-state index contributed by atoms with van der Waals surface area (Å²) in [6.45, 7) is 8.78. The molecule has 1 aliphatic heterocycles. The molecule has 2 aromatic rings. The van der Waals surface area contributed by atoms with Crippen molar-refractivity contribution in [2.45, 2.75) is 26.8 Å². The van der Waals surface area contributed by atoms with Crippen LogP contribution in [0.5, 0.6) is 5.88 Å². The van der Waals surface area contributed by atoms with Crippen molar-refractivity contribution in [1.82, 2.24) is 19.9 Å². The van der Waals surface area contributed by atoms with E-state index in [2.05, 4.69) is 38.7 Å². The van der Waals surface area contributed by atoms with Crippen LogP contribution in [0.2, 0.25) is 0 Å². The molecule has 0 aliphatic carbocycles. The molecular formula is C17H25N5OS. The molecule has 130 valence electrons. The molecule has 1 atom stereocenters. The smallest absolute Gasteiger partial charge is 0.234 e. The SMILES string of the molecule is CCOc1cncc(N2CC[C@H](CN(C)Cc3scnc3C)C2)n1. The Balaban J connectivity index is 1.53. The molecule has 0 spiro atoms. The number of thiazole rings is 1. The van der Waals surface area contributed by atoms with Crippen LogP contribution in [0.1, 0.15) is 23.9 Å². The number of anilines is 1. The van der Waals surface area contributed by atoms with Gasteiger partial charge in [0.25, 0.3) is 0 Å². The van der Waals surface area contributed by atoms with Crippen molar-refractivity contribution in [2.24, 2.45) is 5.92 Å². The van der Waals surface area contributed by atoms with Crippen molar-refractivity contribution in [3.63, 3.8) is 0 Å². The van der Waals surface area contributed by atoms with Crippen LogP contribution in [0.25, 0.3) is 0 Å². The van der Waals surface area contributed by atoms with Gasteiger partial charge in [-0.3, -0.25) is 4.98 Å². The molecule has 0 saturated carbocycles. The fourth-order valence-electron chi connectivity index (χ4n) is 3.13. The molecule has 1 aliphatic rings. The van der Waals surface area contributed by atoms with Crippen molar-refractivity contribution in [3.05, 3.63) is 28.5 Å². The lowest BCUT2D eigenvalue weighted by atomic mass is 10.1. The van der Waals surface area contributed by atoms with Crippen LogP contribution in [0.4, 0.5) is 5.82 Å². The molecule has 0 N–H and O–H groups in total. The summed E-state index contributed by atoms with van der Waals surface area (Å²) in [7, 11) is 2.19. The van der Waals surface area contributed by atoms with Crippen molar-refractivity contribution < 1.29 is 4.74 Å². The molecule has 0 aromatic carbocycles. The van der Waals surface area contributed by atoms with Crippen molar-refractivity contribution in [3.8, 4) is 5.88 Å². The first-order chi connectivity index (χ1) is 11.7. The molecule has 0 radical (unpaired) electrons. The van der Waals surface area contributed by atoms with Crippen LogP contribution in [0.15, 0.2) is 17.9 Å². The van der Waals surface area contributed by atoms with Gasteiger partial charge in [0.1, 0.15) is 0 Å². The van der Waals surface area contributed by atoms with Crippen LogP contribution in [-0.4, -0.2) is 53.1 Å². The summed E-state index contributed by atoms with van der Waals surface area (Å²) in [6, 6.07) is 0. The Labute approximate surface area is 147 Å². The Morgan fingerprint density at radius 3 is 3.04 bits per heavy atom. The summed E-state index contributed by atoms with van der Waals surface area (Å²) in [5.41, 5.74) is 3.09. The van der Waals surface area contributed by atoms with E-state index < -0.39 is 0 Å². The third kappa shape index (κ3) is 4.21. The Hall–Kier alpha value is -1.73. The zero-order valence-corrected chi connectivity index (χ0v) is 15.4. The fourth-order valence-corrected chi connectivity index (χ4v) is 3.98. The van der Waals surface area contributed by atoms with E-state index >= 15 is 0 Å². The van der Waals surface area contributed by atoms with Crippen LogP contribution >= 0.6 is 11.3 Å². The van der Waals surface area contributed by atoms with E-state index in [0.29, 0.717) is 18.4 Å². The van der Waals surface area contributed by atoms with Gasteiger partial charge < -0.3 is 14.5 Å². The number of hydrogen-bond donors (Lipinski definition) is 0. The molecule has 24 heavy (non-hydrogen) atoms. The largest absolute Gasteiger partial charge is 0.477 e. The molecule has 0 bridgehead atoms. The lowest BCUT2D eigenvalue weighted by molar-refractivity contribution is 0.281. The van der Waals surface area contributed by atoms with E-state index in [-0.39, 0.29) is 0 Å². The van der Waals surface area contributed by atoms with E-state index in [0.717, 1.165) is 37.7 Å². The van der Waals surface area contributed by atoms with Crippen LogP contribution < -0.4 is 9.64 Å². The quantitative estimate of drug-likeness (QED) is 0.767. The highest BCUT2D eigenvalue weighted by molar-refractivity contribution is 7.09. The van der Waals surface area contributed by atoms with Gasteiger partial charge in [-0.05, 0) is 33.2 Å². The second kappa shape index (κ2) is 7.90. The number of aryl methyl sites for hydroxylation is 1. The van der Waals surface area contributed by atoms with Crippen LogP contribution in [0.3, 0.4) is 0 Å². The summed E-state index contributed by atoms with van der Waals surface area (Å²) in [4.78, 5) is 19.2. The predicted octanol–water partition coefficient (Wildman–Crippen LogP) is 2.60. The van der Waals surface area contributed by atoms with E-state index in [1.165, 1.54) is 11.3 Å². The lowest BCUT2D eigenvalue weighted by Gasteiger charge is -2.21. The van der Waals surface area contributed by atoms with Crippen molar-refractivity contribution >= 4 is 17.2 Å². The van der Waals surface area contributed by atoms with Gasteiger partial charge in [-0.2, -0.15) is 4.98 Å². The van der Waals surface area contributed by atoms with Gasteiger partial charge in [-0.25, -0.2) is 4.98 Å². The van der Waals surface area contributed by atoms with E-state index in [1.54, 1.807) is 17.5 Å². The summed E-state index contributed by atoms with van der Waals surface area (Å²) >= 11 is 1.74. The summed E-state index contributed by atoms with van der Waals surface area (Å²) in [6.07, 6.45) is 4.69. The molecule has 3 heterocycles. The topological polar surface area (TPSA) is 54.4 Å². The number of ether oxygens (including phenoxy) is 1. The van der Waals surface area contributed by atoms with Gasteiger partial charge in [-0.15, -0.1) is 11.3 Å². The molecule has 1 fully saturated rings. The minimum Gasteiger partial charge on any atom is -0.477 e. The number of aromatic nitrogens is 3. The monoisotopic (exact) mass is 347 g/mol. The minimum absolute atomic E-state index is 0.608.